The summed E-state index contributed by atoms with van der Waals surface area (Å²) in [6.07, 6.45) is 2.19. The average Bonchev–Trinajstić information content (AvgIpc) is 2.93. The minimum Gasteiger partial charge on any atom is -0.444 e. The molecule has 1 amide bonds. The summed E-state index contributed by atoms with van der Waals surface area (Å²) in [4.78, 5) is 37.8. The number of carbonyl (C=O) groups excluding carboxylic acids is 2. The summed E-state index contributed by atoms with van der Waals surface area (Å²) < 4.78 is 5.49. The van der Waals surface area contributed by atoms with Gasteiger partial charge in [-0.3, -0.25) is 9.78 Å². The molecular weight excluding hydrogens is 368 g/mol. The van der Waals surface area contributed by atoms with Crippen LogP contribution in [-0.4, -0.2) is 58.5 Å². The second kappa shape index (κ2) is 8.59. The van der Waals surface area contributed by atoms with Crippen LogP contribution in [0.4, 0.5) is 10.6 Å². The zero-order chi connectivity index (χ0) is 21.0. The van der Waals surface area contributed by atoms with E-state index in [2.05, 4.69) is 14.9 Å². The highest BCUT2D eigenvalue weighted by atomic mass is 16.6. The van der Waals surface area contributed by atoms with Crippen molar-refractivity contribution in [2.24, 2.45) is 0 Å². The van der Waals surface area contributed by atoms with E-state index in [-0.39, 0.29) is 11.9 Å². The zero-order valence-corrected chi connectivity index (χ0v) is 17.5. The summed E-state index contributed by atoms with van der Waals surface area (Å²) in [6, 6.07) is 8.99. The Balaban J connectivity index is 1.72. The molecule has 0 radical (unpaired) electrons. The third kappa shape index (κ3) is 5.31. The van der Waals surface area contributed by atoms with Crippen LogP contribution in [0.3, 0.4) is 0 Å². The Morgan fingerprint density at radius 2 is 1.83 bits per heavy atom. The van der Waals surface area contributed by atoms with E-state index in [0.29, 0.717) is 36.6 Å². The minimum absolute atomic E-state index is 0.136. The molecule has 2 aromatic rings. The summed E-state index contributed by atoms with van der Waals surface area (Å²) in [5.41, 5.74) is 1.13. The molecule has 0 aromatic carbocycles. The van der Waals surface area contributed by atoms with Crippen LogP contribution < -0.4 is 4.90 Å². The predicted molar refractivity (Wildman–Crippen MR) is 111 cm³/mol. The first-order valence-corrected chi connectivity index (χ1v) is 9.91. The highest BCUT2D eigenvalue weighted by Gasteiger charge is 2.25. The van der Waals surface area contributed by atoms with Crippen LogP contribution in [0.15, 0.2) is 36.5 Å². The van der Waals surface area contributed by atoms with Crippen LogP contribution in [0.1, 0.15) is 48.9 Å². The molecule has 7 heteroatoms. The fraction of sp³-hybridized carbons (Fsp3) is 0.455. The molecule has 1 aliphatic heterocycles. The van der Waals surface area contributed by atoms with Crippen molar-refractivity contribution in [2.45, 2.75) is 39.7 Å². The lowest BCUT2D eigenvalue weighted by Gasteiger charge is -2.26. The number of aromatic nitrogens is 2. The summed E-state index contributed by atoms with van der Waals surface area (Å²) in [5, 5.41) is 0. The number of pyridine rings is 2. The van der Waals surface area contributed by atoms with E-state index in [1.54, 1.807) is 29.3 Å². The van der Waals surface area contributed by atoms with Crippen LogP contribution in [0.2, 0.25) is 0 Å². The lowest BCUT2D eigenvalue weighted by Crippen LogP contribution is -2.39. The zero-order valence-electron chi connectivity index (χ0n) is 17.5. The predicted octanol–water partition coefficient (Wildman–Crippen LogP) is 3.46. The van der Waals surface area contributed by atoms with Gasteiger partial charge < -0.3 is 14.5 Å². The quantitative estimate of drug-likeness (QED) is 0.740. The van der Waals surface area contributed by atoms with E-state index in [1.807, 2.05) is 39.8 Å². The van der Waals surface area contributed by atoms with Crippen LogP contribution >= 0.6 is 0 Å². The van der Waals surface area contributed by atoms with Crippen LogP contribution in [0.25, 0.3) is 0 Å². The summed E-state index contributed by atoms with van der Waals surface area (Å²) in [7, 11) is 0. The molecule has 0 bridgehead atoms. The normalized spacial score (nSPS) is 15.0. The van der Waals surface area contributed by atoms with E-state index in [9.17, 15) is 9.59 Å². The van der Waals surface area contributed by atoms with Gasteiger partial charge in [0.25, 0.3) is 0 Å². The minimum atomic E-state index is -0.510. The van der Waals surface area contributed by atoms with E-state index >= 15 is 0 Å². The number of ketones is 1. The fourth-order valence-electron chi connectivity index (χ4n) is 3.24. The highest BCUT2D eigenvalue weighted by molar-refractivity contribution is 6.08. The Hall–Kier alpha value is -2.96. The van der Waals surface area contributed by atoms with Crippen LogP contribution in [-0.2, 0) is 4.74 Å². The van der Waals surface area contributed by atoms with Gasteiger partial charge in [0.1, 0.15) is 17.1 Å². The maximum atomic E-state index is 12.9. The van der Waals surface area contributed by atoms with Crippen molar-refractivity contribution in [1.29, 1.82) is 0 Å². The molecule has 29 heavy (non-hydrogen) atoms. The molecule has 0 spiro atoms. The van der Waals surface area contributed by atoms with Gasteiger partial charge in [-0.2, -0.15) is 0 Å². The second-order valence-corrected chi connectivity index (χ2v) is 8.15. The van der Waals surface area contributed by atoms with Gasteiger partial charge in [0.05, 0.1) is 0 Å². The van der Waals surface area contributed by atoms with Crippen molar-refractivity contribution in [3.05, 3.63) is 53.5 Å². The molecule has 0 atom stereocenters. The summed E-state index contributed by atoms with van der Waals surface area (Å²) >= 11 is 0. The Bertz CT molecular complexity index is 892. The first kappa shape index (κ1) is 20.8. The van der Waals surface area contributed by atoms with Crippen molar-refractivity contribution in [3.63, 3.8) is 0 Å². The number of rotatable bonds is 3. The average molecular weight is 396 g/mol. The van der Waals surface area contributed by atoms with Crippen molar-refractivity contribution < 1.29 is 14.3 Å². The number of anilines is 1. The van der Waals surface area contributed by atoms with Crippen LogP contribution in [0.5, 0.6) is 0 Å². The Morgan fingerprint density at radius 3 is 2.55 bits per heavy atom. The molecular formula is C22H28N4O3. The van der Waals surface area contributed by atoms with E-state index in [1.165, 1.54) is 0 Å². The molecule has 3 heterocycles. The SMILES string of the molecule is Cc1ncccc1C(=O)c1cccc(N2CCCN(C(=O)OC(C)(C)C)CC2)n1. The topological polar surface area (TPSA) is 75.6 Å². The van der Waals surface area contributed by atoms with Gasteiger partial charge in [0, 0.05) is 43.6 Å². The number of carbonyl (C=O) groups is 2. The smallest absolute Gasteiger partial charge is 0.410 e. The number of ether oxygens (including phenoxy) is 1. The van der Waals surface area contributed by atoms with E-state index < -0.39 is 5.60 Å². The summed E-state index contributed by atoms with van der Waals surface area (Å²) in [6.45, 7) is 10.0. The monoisotopic (exact) mass is 396 g/mol. The van der Waals surface area contributed by atoms with E-state index in [0.717, 1.165) is 18.8 Å². The molecule has 0 N–H and O–H groups in total. The molecule has 7 nitrogen and oxygen atoms in total. The van der Waals surface area contributed by atoms with Crippen molar-refractivity contribution >= 4 is 17.7 Å². The van der Waals surface area contributed by atoms with Gasteiger partial charge in [-0.1, -0.05) is 6.07 Å². The molecule has 0 saturated carbocycles. The third-order valence-electron chi connectivity index (χ3n) is 4.69. The molecule has 0 aliphatic carbocycles. The van der Waals surface area contributed by atoms with Gasteiger partial charge in [-0.05, 0) is 58.4 Å². The number of aryl methyl sites for hydroxylation is 1. The maximum absolute atomic E-state index is 12.9. The first-order chi connectivity index (χ1) is 13.7. The third-order valence-corrected chi connectivity index (χ3v) is 4.69. The second-order valence-electron chi connectivity index (χ2n) is 8.15. The molecule has 1 saturated heterocycles. The molecule has 1 aliphatic rings. The number of amides is 1. The number of hydrogen-bond acceptors (Lipinski definition) is 6. The lowest BCUT2D eigenvalue weighted by atomic mass is 10.1. The molecule has 0 unspecified atom stereocenters. The van der Waals surface area contributed by atoms with Gasteiger partial charge in [0.2, 0.25) is 5.78 Å². The van der Waals surface area contributed by atoms with Gasteiger partial charge >= 0.3 is 6.09 Å². The Morgan fingerprint density at radius 1 is 1.03 bits per heavy atom. The van der Waals surface area contributed by atoms with Gasteiger partial charge in [-0.15, -0.1) is 0 Å². The number of hydrogen-bond donors (Lipinski definition) is 0. The maximum Gasteiger partial charge on any atom is 0.410 e. The molecule has 154 valence electrons. The standard InChI is InChI=1S/C22H28N4O3/c1-16-17(8-6-11-23-16)20(27)18-9-5-10-19(24-18)25-12-7-13-26(15-14-25)21(28)29-22(2,3)4/h5-6,8-11H,7,12-15H2,1-4H3. The van der Waals surface area contributed by atoms with Crippen molar-refractivity contribution in [1.82, 2.24) is 14.9 Å². The van der Waals surface area contributed by atoms with Crippen LogP contribution in [0, 0.1) is 6.92 Å². The molecule has 1 fully saturated rings. The highest BCUT2D eigenvalue weighted by Crippen LogP contribution is 2.18. The van der Waals surface area contributed by atoms with Gasteiger partial charge in [-0.25, -0.2) is 9.78 Å². The lowest BCUT2D eigenvalue weighted by molar-refractivity contribution is 0.0263. The Kier molecular flexibility index (Phi) is 6.15. The van der Waals surface area contributed by atoms with E-state index in [4.69, 9.17) is 4.74 Å². The van der Waals surface area contributed by atoms with Gasteiger partial charge in [0.15, 0.2) is 0 Å². The molecule has 3 rings (SSSR count). The van der Waals surface area contributed by atoms with Crippen molar-refractivity contribution in [3.8, 4) is 0 Å². The summed E-state index contributed by atoms with van der Waals surface area (Å²) in [5.74, 6) is 0.603. The molecule has 2 aromatic heterocycles. The fourth-order valence-corrected chi connectivity index (χ4v) is 3.24. The number of nitrogens with zero attached hydrogens (tertiary/aromatic N) is 4. The Labute approximate surface area is 171 Å². The first-order valence-electron chi connectivity index (χ1n) is 9.91. The largest absolute Gasteiger partial charge is 0.444 e. The van der Waals surface area contributed by atoms with Crippen molar-refractivity contribution in [2.75, 3.05) is 31.1 Å².